The van der Waals surface area contributed by atoms with Crippen LogP contribution in [-0.2, 0) is 11.3 Å². The number of fused-ring (bicyclic) bond motifs is 1. The number of rotatable bonds is 3. The quantitative estimate of drug-likeness (QED) is 0.869. The molecular formula is C16H18N2O4. The third kappa shape index (κ3) is 2.77. The molecule has 1 aromatic carbocycles. The highest BCUT2D eigenvalue weighted by molar-refractivity contribution is 5.82. The molecule has 6 nitrogen and oxygen atoms in total. The van der Waals surface area contributed by atoms with Crippen LogP contribution in [0.2, 0.25) is 0 Å². The zero-order valence-corrected chi connectivity index (χ0v) is 12.8. The minimum absolute atomic E-state index is 0.150. The maximum absolute atomic E-state index is 12.6. The molecule has 1 amide bonds. The van der Waals surface area contributed by atoms with Crippen molar-refractivity contribution in [3.05, 3.63) is 41.8 Å². The summed E-state index contributed by atoms with van der Waals surface area (Å²) in [4.78, 5) is 14.2. The van der Waals surface area contributed by atoms with Crippen LogP contribution in [-0.4, -0.2) is 35.2 Å². The first kappa shape index (κ1) is 14.4. The number of hydrogen-bond donors (Lipinski definition) is 0. The molecular weight excluding hydrogens is 284 g/mol. The van der Waals surface area contributed by atoms with Gasteiger partial charge in [-0.1, -0.05) is 17.3 Å². The first-order valence-corrected chi connectivity index (χ1v) is 7.14. The fourth-order valence-corrected chi connectivity index (χ4v) is 2.42. The van der Waals surface area contributed by atoms with Gasteiger partial charge in [-0.3, -0.25) is 4.79 Å². The van der Waals surface area contributed by atoms with E-state index in [-0.39, 0.29) is 12.0 Å². The van der Waals surface area contributed by atoms with Gasteiger partial charge in [-0.15, -0.1) is 0 Å². The first-order chi connectivity index (χ1) is 10.5. The average Bonchev–Trinajstić information content (AvgIpc) is 2.91. The molecule has 0 spiro atoms. The van der Waals surface area contributed by atoms with Gasteiger partial charge in [-0.2, -0.15) is 0 Å². The van der Waals surface area contributed by atoms with Gasteiger partial charge < -0.3 is 18.9 Å². The lowest BCUT2D eigenvalue weighted by Gasteiger charge is -2.33. The molecule has 2 heterocycles. The number of aryl methyl sites for hydroxylation is 1. The number of benzene rings is 1. The molecule has 1 aliphatic heterocycles. The second kappa shape index (κ2) is 5.71. The van der Waals surface area contributed by atoms with Gasteiger partial charge in [0.05, 0.1) is 6.54 Å². The SMILES string of the molecule is Cc1cc(CN(C)C(=O)C2Oc3ccccc3OC2C)no1. The third-order valence-corrected chi connectivity index (χ3v) is 3.54. The molecule has 2 aromatic rings. The lowest BCUT2D eigenvalue weighted by molar-refractivity contribution is -0.143. The summed E-state index contributed by atoms with van der Waals surface area (Å²) in [5.74, 6) is 1.82. The van der Waals surface area contributed by atoms with Gasteiger partial charge in [0.25, 0.3) is 5.91 Å². The molecule has 2 atom stereocenters. The van der Waals surface area contributed by atoms with E-state index in [2.05, 4.69) is 5.16 Å². The Balaban J connectivity index is 1.72. The molecule has 0 saturated heterocycles. The molecule has 1 aliphatic rings. The number of nitrogens with zero attached hydrogens (tertiary/aromatic N) is 2. The summed E-state index contributed by atoms with van der Waals surface area (Å²) >= 11 is 0. The number of likely N-dealkylation sites (N-methyl/N-ethyl adjacent to an activating group) is 1. The molecule has 0 N–H and O–H groups in total. The summed E-state index contributed by atoms with van der Waals surface area (Å²) in [5.41, 5.74) is 0.707. The molecule has 0 aliphatic carbocycles. The second-order valence-electron chi connectivity index (χ2n) is 5.43. The largest absolute Gasteiger partial charge is 0.482 e. The highest BCUT2D eigenvalue weighted by Gasteiger charge is 2.35. The monoisotopic (exact) mass is 302 g/mol. The molecule has 0 fully saturated rings. The number of carbonyl (C=O) groups excluding carboxylic acids is 1. The fourth-order valence-electron chi connectivity index (χ4n) is 2.42. The van der Waals surface area contributed by atoms with Gasteiger partial charge in [0.15, 0.2) is 11.5 Å². The highest BCUT2D eigenvalue weighted by Crippen LogP contribution is 2.33. The van der Waals surface area contributed by atoms with Gasteiger partial charge in [0.2, 0.25) is 6.10 Å². The number of para-hydroxylation sites is 2. The number of aromatic nitrogens is 1. The summed E-state index contributed by atoms with van der Waals surface area (Å²) < 4.78 is 16.6. The van der Waals surface area contributed by atoms with Crippen molar-refractivity contribution in [2.45, 2.75) is 32.6 Å². The summed E-state index contributed by atoms with van der Waals surface area (Å²) in [7, 11) is 1.71. The molecule has 3 rings (SSSR count). The van der Waals surface area contributed by atoms with E-state index in [9.17, 15) is 4.79 Å². The second-order valence-corrected chi connectivity index (χ2v) is 5.43. The van der Waals surface area contributed by atoms with Crippen molar-refractivity contribution in [3.63, 3.8) is 0 Å². The van der Waals surface area contributed by atoms with Crippen molar-refractivity contribution in [1.82, 2.24) is 10.1 Å². The Hall–Kier alpha value is -2.50. The van der Waals surface area contributed by atoms with E-state index in [0.29, 0.717) is 23.7 Å². The maximum atomic E-state index is 12.6. The summed E-state index contributed by atoms with van der Waals surface area (Å²) in [6.45, 7) is 4.01. The van der Waals surface area contributed by atoms with Gasteiger partial charge >= 0.3 is 0 Å². The molecule has 0 radical (unpaired) electrons. The number of carbonyl (C=O) groups is 1. The Morgan fingerprint density at radius 3 is 2.59 bits per heavy atom. The van der Waals surface area contributed by atoms with Gasteiger partial charge in [-0.25, -0.2) is 0 Å². The van der Waals surface area contributed by atoms with Crippen LogP contribution in [0.1, 0.15) is 18.4 Å². The lowest BCUT2D eigenvalue weighted by atomic mass is 10.1. The van der Waals surface area contributed by atoms with E-state index in [1.807, 2.05) is 32.0 Å². The fraction of sp³-hybridized carbons (Fsp3) is 0.375. The number of hydrogen-bond acceptors (Lipinski definition) is 5. The van der Waals surface area contributed by atoms with Crippen LogP contribution in [0.25, 0.3) is 0 Å². The summed E-state index contributed by atoms with van der Waals surface area (Å²) in [5, 5.41) is 3.90. The van der Waals surface area contributed by atoms with Crippen LogP contribution in [0, 0.1) is 6.92 Å². The Morgan fingerprint density at radius 1 is 1.27 bits per heavy atom. The van der Waals surface area contributed by atoms with E-state index in [4.69, 9.17) is 14.0 Å². The Kier molecular flexibility index (Phi) is 3.75. The van der Waals surface area contributed by atoms with Crippen LogP contribution < -0.4 is 9.47 Å². The van der Waals surface area contributed by atoms with Crippen LogP contribution in [0.5, 0.6) is 11.5 Å². The van der Waals surface area contributed by atoms with Crippen LogP contribution in [0.15, 0.2) is 34.9 Å². The van der Waals surface area contributed by atoms with E-state index < -0.39 is 6.10 Å². The predicted octanol–water partition coefficient (Wildman–Crippen LogP) is 2.17. The van der Waals surface area contributed by atoms with Crippen molar-refractivity contribution >= 4 is 5.91 Å². The first-order valence-electron chi connectivity index (χ1n) is 7.14. The molecule has 6 heteroatoms. The van der Waals surface area contributed by atoms with Crippen molar-refractivity contribution < 1.29 is 18.8 Å². The minimum atomic E-state index is -0.673. The van der Waals surface area contributed by atoms with E-state index in [0.717, 1.165) is 5.76 Å². The number of amides is 1. The van der Waals surface area contributed by atoms with Crippen molar-refractivity contribution in [1.29, 1.82) is 0 Å². The highest BCUT2D eigenvalue weighted by atomic mass is 16.6. The third-order valence-electron chi connectivity index (χ3n) is 3.54. The molecule has 2 unspecified atom stereocenters. The Labute approximate surface area is 128 Å². The minimum Gasteiger partial charge on any atom is -0.482 e. The number of ether oxygens (including phenoxy) is 2. The van der Waals surface area contributed by atoms with Crippen molar-refractivity contribution in [2.24, 2.45) is 0 Å². The molecule has 0 saturated carbocycles. The van der Waals surface area contributed by atoms with Crippen LogP contribution in [0.4, 0.5) is 0 Å². The van der Waals surface area contributed by atoms with E-state index >= 15 is 0 Å². The average molecular weight is 302 g/mol. The molecule has 0 bridgehead atoms. The molecule has 1 aromatic heterocycles. The Morgan fingerprint density at radius 2 is 1.95 bits per heavy atom. The zero-order chi connectivity index (χ0) is 15.7. The van der Waals surface area contributed by atoms with Crippen LogP contribution in [0.3, 0.4) is 0 Å². The van der Waals surface area contributed by atoms with Gasteiger partial charge in [0, 0.05) is 13.1 Å². The lowest BCUT2D eigenvalue weighted by Crippen LogP contribution is -2.49. The topological polar surface area (TPSA) is 64.8 Å². The van der Waals surface area contributed by atoms with Gasteiger partial charge in [0.1, 0.15) is 17.6 Å². The smallest absolute Gasteiger partial charge is 0.267 e. The zero-order valence-electron chi connectivity index (χ0n) is 12.8. The van der Waals surface area contributed by atoms with Gasteiger partial charge in [-0.05, 0) is 26.0 Å². The Bertz CT molecular complexity index is 682. The molecule has 22 heavy (non-hydrogen) atoms. The van der Waals surface area contributed by atoms with Crippen molar-refractivity contribution in [2.75, 3.05) is 7.05 Å². The van der Waals surface area contributed by atoms with E-state index in [1.165, 1.54) is 0 Å². The maximum Gasteiger partial charge on any atom is 0.267 e. The standard InChI is InChI=1S/C16H18N2O4/c1-10-8-12(17-22-10)9-18(3)16(19)15-11(2)20-13-6-4-5-7-14(13)21-15/h4-8,11,15H,9H2,1-3H3. The van der Waals surface area contributed by atoms with Crippen molar-refractivity contribution in [3.8, 4) is 11.5 Å². The summed E-state index contributed by atoms with van der Waals surface area (Å²) in [6.07, 6.45) is -1.03. The van der Waals surface area contributed by atoms with Crippen LogP contribution >= 0.6 is 0 Å². The molecule has 116 valence electrons. The summed E-state index contributed by atoms with van der Waals surface area (Å²) in [6, 6.07) is 9.15. The predicted molar refractivity (Wildman–Crippen MR) is 78.7 cm³/mol. The van der Waals surface area contributed by atoms with E-state index in [1.54, 1.807) is 24.1 Å². The normalized spacial score (nSPS) is 19.8.